The third-order valence-electron chi connectivity index (χ3n) is 3.17. The molecule has 2 fully saturated rings. The number of halogens is 1. The zero-order valence-electron chi connectivity index (χ0n) is 7.52. The van der Waals surface area contributed by atoms with E-state index in [4.69, 9.17) is 0 Å². The highest BCUT2D eigenvalue weighted by Crippen LogP contribution is 2.50. The first kappa shape index (κ1) is 9.39. The minimum Gasteiger partial charge on any atom is -0.158 e. The Balaban J connectivity index is 1.67. The summed E-state index contributed by atoms with van der Waals surface area (Å²) in [6, 6.07) is 0. The lowest BCUT2D eigenvalue weighted by Crippen LogP contribution is -2.08. The van der Waals surface area contributed by atoms with Crippen LogP contribution in [0, 0.1) is 5.41 Å². The molecule has 0 unspecified atom stereocenters. The van der Waals surface area contributed by atoms with E-state index in [1.54, 1.807) is 0 Å². The third-order valence-corrected chi connectivity index (χ3v) is 6.08. The molecule has 0 bridgehead atoms. The van der Waals surface area contributed by atoms with E-state index in [1.165, 1.54) is 49.6 Å². The highest BCUT2D eigenvalue weighted by atomic mass is 79.9. The van der Waals surface area contributed by atoms with Crippen molar-refractivity contribution in [3.63, 3.8) is 0 Å². The Morgan fingerprint density at radius 3 is 2.42 bits per heavy atom. The minimum atomic E-state index is 0.729. The highest BCUT2D eigenvalue weighted by Gasteiger charge is 2.41. The fraction of sp³-hybridized carbons (Fsp3) is 1.00. The molecule has 0 radical (unpaired) electrons. The van der Waals surface area contributed by atoms with E-state index < -0.39 is 0 Å². The van der Waals surface area contributed by atoms with Crippen molar-refractivity contribution in [3.8, 4) is 0 Å². The standard InChI is InChI=1S/C10H17BrS/c11-7-10(5-6-10)8-12-9-3-1-2-4-9/h9H,1-8H2. The molecule has 2 rings (SSSR count). The molecule has 0 saturated heterocycles. The van der Waals surface area contributed by atoms with E-state index in [0.29, 0.717) is 0 Å². The van der Waals surface area contributed by atoms with E-state index in [-0.39, 0.29) is 0 Å². The maximum atomic E-state index is 3.63. The van der Waals surface area contributed by atoms with Crippen LogP contribution >= 0.6 is 27.7 Å². The Bertz CT molecular complexity index is 148. The molecular formula is C10H17BrS. The van der Waals surface area contributed by atoms with Crippen LogP contribution in [0.15, 0.2) is 0 Å². The van der Waals surface area contributed by atoms with Crippen molar-refractivity contribution in [2.75, 3.05) is 11.1 Å². The second-order valence-corrected chi connectivity index (χ2v) is 6.20. The van der Waals surface area contributed by atoms with Gasteiger partial charge in [0, 0.05) is 10.6 Å². The van der Waals surface area contributed by atoms with Crippen LogP contribution in [-0.2, 0) is 0 Å². The van der Waals surface area contributed by atoms with E-state index in [1.807, 2.05) is 0 Å². The van der Waals surface area contributed by atoms with Gasteiger partial charge in [-0.15, -0.1) is 0 Å². The maximum absolute atomic E-state index is 3.63. The molecule has 2 heteroatoms. The van der Waals surface area contributed by atoms with Gasteiger partial charge in [0.1, 0.15) is 0 Å². The lowest BCUT2D eigenvalue weighted by molar-refractivity contribution is 0.683. The summed E-state index contributed by atoms with van der Waals surface area (Å²) in [6.07, 6.45) is 8.89. The Morgan fingerprint density at radius 2 is 1.92 bits per heavy atom. The van der Waals surface area contributed by atoms with Crippen molar-refractivity contribution in [2.24, 2.45) is 5.41 Å². The zero-order chi connectivity index (χ0) is 8.44. The predicted octanol–water partition coefficient (Wildman–Crippen LogP) is 3.84. The highest BCUT2D eigenvalue weighted by molar-refractivity contribution is 9.09. The second-order valence-electron chi connectivity index (χ2n) is 4.35. The van der Waals surface area contributed by atoms with E-state index >= 15 is 0 Å². The first-order chi connectivity index (χ1) is 5.85. The van der Waals surface area contributed by atoms with E-state index in [0.717, 1.165) is 10.7 Å². The van der Waals surface area contributed by atoms with Gasteiger partial charge in [-0.3, -0.25) is 0 Å². The van der Waals surface area contributed by atoms with Crippen LogP contribution in [0.2, 0.25) is 0 Å². The van der Waals surface area contributed by atoms with Crippen LogP contribution in [-0.4, -0.2) is 16.3 Å². The Hall–Kier alpha value is 0.830. The van der Waals surface area contributed by atoms with Gasteiger partial charge < -0.3 is 0 Å². The molecule has 2 aliphatic carbocycles. The van der Waals surface area contributed by atoms with Gasteiger partial charge in [0.25, 0.3) is 0 Å². The molecule has 2 aliphatic rings. The second kappa shape index (κ2) is 3.91. The molecule has 0 atom stereocenters. The monoisotopic (exact) mass is 248 g/mol. The van der Waals surface area contributed by atoms with Gasteiger partial charge in [-0.25, -0.2) is 0 Å². The van der Waals surface area contributed by atoms with Crippen LogP contribution in [0.3, 0.4) is 0 Å². The van der Waals surface area contributed by atoms with E-state index in [9.17, 15) is 0 Å². The summed E-state index contributed by atoms with van der Waals surface area (Å²) in [6.45, 7) is 0. The molecule has 2 saturated carbocycles. The van der Waals surface area contributed by atoms with Gasteiger partial charge in [0.05, 0.1) is 0 Å². The molecule has 0 aromatic heterocycles. The van der Waals surface area contributed by atoms with Gasteiger partial charge in [-0.2, -0.15) is 11.8 Å². The number of alkyl halides is 1. The molecule has 0 aliphatic heterocycles. The molecule has 0 N–H and O–H groups in total. The van der Waals surface area contributed by atoms with Crippen molar-refractivity contribution in [2.45, 2.75) is 43.8 Å². The normalized spacial score (nSPS) is 27.8. The minimum absolute atomic E-state index is 0.729. The van der Waals surface area contributed by atoms with Crippen LogP contribution < -0.4 is 0 Å². The SMILES string of the molecule is BrCC1(CSC2CCCC2)CC1. The van der Waals surface area contributed by atoms with Crippen molar-refractivity contribution in [1.29, 1.82) is 0 Å². The molecule has 70 valence electrons. The number of hydrogen-bond acceptors (Lipinski definition) is 1. The van der Waals surface area contributed by atoms with Gasteiger partial charge in [0.2, 0.25) is 0 Å². The van der Waals surface area contributed by atoms with Crippen molar-refractivity contribution in [1.82, 2.24) is 0 Å². The van der Waals surface area contributed by atoms with Crippen molar-refractivity contribution < 1.29 is 0 Å². The summed E-state index contributed by atoms with van der Waals surface area (Å²) in [5, 5.41) is 2.25. The average molecular weight is 249 g/mol. The molecule has 0 amide bonds. The largest absolute Gasteiger partial charge is 0.158 e. The summed E-state index contributed by atoms with van der Waals surface area (Å²) >= 11 is 5.88. The van der Waals surface area contributed by atoms with Gasteiger partial charge >= 0.3 is 0 Å². The first-order valence-electron chi connectivity index (χ1n) is 5.02. The smallest absolute Gasteiger partial charge is 0.00958 e. The summed E-state index contributed by atoms with van der Waals surface area (Å²) in [5.74, 6) is 1.42. The maximum Gasteiger partial charge on any atom is 0.00958 e. The fourth-order valence-electron chi connectivity index (χ4n) is 1.84. The Morgan fingerprint density at radius 1 is 1.25 bits per heavy atom. The summed E-state index contributed by atoms with van der Waals surface area (Å²) in [4.78, 5) is 0. The number of rotatable bonds is 4. The summed E-state index contributed by atoms with van der Waals surface area (Å²) < 4.78 is 0. The molecule has 12 heavy (non-hydrogen) atoms. The van der Waals surface area contributed by atoms with Gasteiger partial charge in [-0.05, 0) is 36.9 Å². The number of thioether (sulfide) groups is 1. The zero-order valence-corrected chi connectivity index (χ0v) is 9.92. The first-order valence-corrected chi connectivity index (χ1v) is 7.19. The van der Waals surface area contributed by atoms with Crippen LogP contribution in [0.25, 0.3) is 0 Å². The van der Waals surface area contributed by atoms with Crippen molar-refractivity contribution >= 4 is 27.7 Å². The Kier molecular flexibility index (Phi) is 3.06. The lowest BCUT2D eigenvalue weighted by Gasteiger charge is -2.14. The van der Waals surface area contributed by atoms with E-state index in [2.05, 4.69) is 27.7 Å². The Labute approximate surface area is 88.0 Å². The number of hydrogen-bond donors (Lipinski definition) is 0. The fourth-order valence-corrected chi connectivity index (χ4v) is 4.51. The van der Waals surface area contributed by atoms with Crippen molar-refractivity contribution in [3.05, 3.63) is 0 Å². The summed E-state index contributed by atoms with van der Waals surface area (Å²) in [7, 11) is 0. The predicted molar refractivity (Wildman–Crippen MR) is 60.2 cm³/mol. The van der Waals surface area contributed by atoms with Crippen LogP contribution in [0.4, 0.5) is 0 Å². The molecule has 0 aromatic carbocycles. The molecule has 0 aromatic rings. The average Bonchev–Trinajstić information content (AvgIpc) is 2.70. The quantitative estimate of drug-likeness (QED) is 0.682. The molecule has 0 heterocycles. The van der Waals surface area contributed by atoms with Crippen LogP contribution in [0.5, 0.6) is 0 Å². The molecular weight excluding hydrogens is 232 g/mol. The topological polar surface area (TPSA) is 0 Å². The third kappa shape index (κ3) is 2.20. The lowest BCUT2D eigenvalue weighted by atomic mass is 10.2. The van der Waals surface area contributed by atoms with Crippen LogP contribution in [0.1, 0.15) is 38.5 Å². The van der Waals surface area contributed by atoms with Gasteiger partial charge in [-0.1, -0.05) is 28.8 Å². The summed E-state index contributed by atoms with van der Waals surface area (Å²) in [5.41, 5.74) is 0.729. The van der Waals surface area contributed by atoms with Gasteiger partial charge in [0.15, 0.2) is 0 Å². The molecule has 0 nitrogen and oxygen atoms in total. The molecule has 0 spiro atoms.